The molecule has 3 aromatic rings. The molecule has 0 atom stereocenters. The second kappa shape index (κ2) is 10.7. The molecule has 0 aliphatic rings. The minimum atomic E-state index is -0.444. The SMILES string of the molecule is COc1cc(/C=N\NC(=O)c2ccc(C)cc2)cc(I)c1OCc1ccc([N+](=O)[O-])cc1. The molecule has 164 valence electrons. The molecule has 0 heterocycles. The number of aryl methyl sites for hydroxylation is 1. The van der Waals surface area contributed by atoms with E-state index >= 15 is 0 Å². The second-order valence-electron chi connectivity index (χ2n) is 6.81. The Kier molecular flexibility index (Phi) is 7.77. The third kappa shape index (κ3) is 6.03. The van der Waals surface area contributed by atoms with E-state index in [0.717, 1.165) is 20.3 Å². The summed E-state index contributed by atoms with van der Waals surface area (Å²) in [6.45, 7) is 2.18. The van der Waals surface area contributed by atoms with Crippen LogP contribution in [0.1, 0.15) is 27.0 Å². The lowest BCUT2D eigenvalue weighted by Crippen LogP contribution is -2.17. The molecule has 1 amide bonds. The number of benzene rings is 3. The Labute approximate surface area is 198 Å². The molecular formula is C23H20IN3O5. The number of amides is 1. The highest BCUT2D eigenvalue weighted by molar-refractivity contribution is 14.1. The maximum absolute atomic E-state index is 12.2. The van der Waals surface area contributed by atoms with Crippen molar-refractivity contribution >= 4 is 40.4 Å². The van der Waals surface area contributed by atoms with Gasteiger partial charge in [-0.3, -0.25) is 14.9 Å². The van der Waals surface area contributed by atoms with Crippen LogP contribution in [-0.2, 0) is 6.61 Å². The van der Waals surface area contributed by atoms with Gasteiger partial charge in [-0.15, -0.1) is 0 Å². The van der Waals surface area contributed by atoms with Gasteiger partial charge in [-0.25, -0.2) is 5.43 Å². The molecule has 0 saturated heterocycles. The van der Waals surface area contributed by atoms with Gasteiger partial charge in [-0.05, 0) is 77.0 Å². The zero-order chi connectivity index (χ0) is 23.1. The molecule has 32 heavy (non-hydrogen) atoms. The molecule has 3 aromatic carbocycles. The highest BCUT2D eigenvalue weighted by Crippen LogP contribution is 2.34. The van der Waals surface area contributed by atoms with E-state index in [1.165, 1.54) is 25.5 Å². The average Bonchev–Trinajstić information content (AvgIpc) is 2.78. The number of nitro groups is 1. The number of nitro benzene ring substituents is 1. The number of nitrogens with zero attached hydrogens (tertiary/aromatic N) is 2. The number of ether oxygens (including phenoxy) is 2. The normalized spacial score (nSPS) is 10.7. The van der Waals surface area contributed by atoms with E-state index < -0.39 is 4.92 Å². The van der Waals surface area contributed by atoms with E-state index in [4.69, 9.17) is 9.47 Å². The molecule has 0 saturated carbocycles. The molecule has 0 aliphatic heterocycles. The van der Waals surface area contributed by atoms with Crippen molar-refractivity contribution in [1.29, 1.82) is 0 Å². The first-order chi connectivity index (χ1) is 15.4. The predicted molar refractivity (Wildman–Crippen MR) is 129 cm³/mol. The van der Waals surface area contributed by atoms with Gasteiger partial charge in [-0.1, -0.05) is 17.7 Å². The molecular weight excluding hydrogens is 525 g/mol. The van der Waals surface area contributed by atoms with E-state index in [-0.39, 0.29) is 18.2 Å². The smallest absolute Gasteiger partial charge is 0.271 e. The number of carbonyl (C=O) groups excluding carboxylic acids is 1. The number of non-ortho nitro benzene ring substituents is 1. The fourth-order valence-electron chi connectivity index (χ4n) is 2.76. The van der Waals surface area contributed by atoms with Crippen molar-refractivity contribution in [3.63, 3.8) is 0 Å². The van der Waals surface area contributed by atoms with Crippen LogP contribution in [0.2, 0.25) is 0 Å². The lowest BCUT2D eigenvalue weighted by atomic mass is 10.1. The van der Waals surface area contributed by atoms with E-state index in [0.29, 0.717) is 17.1 Å². The van der Waals surface area contributed by atoms with Crippen LogP contribution in [0.5, 0.6) is 11.5 Å². The highest BCUT2D eigenvalue weighted by Gasteiger charge is 2.12. The van der Waals surface area contributed by atoms with Gasteiger partial charge in [0, 0.05) is 17.7 Å². The number of halogens is 1. The summed E-state index contributed by atoms with van der Waals surface area (Å²) in [7, 11) is 1.53. The predicted octanol–water partition coefficient (Wildman–Crippen LogP) is 4.86. The maximum Gasteiger partial charge on any atom is 0.271 e. The van der Waals surface area contributed by atoms with Crippen molar-refractivity contribution in [3.05, 3.63) is 96.6 Å². The van der Waals surface area contributed by atoms with Crippen molar-refractivity contribution in [1.82, 2.24) is 5.43 Å². The molecule has 0 aromatic heterocycles. The molecule has 3 rings (SSSR count). The Morgan fingerprint density at radius 2 is 1.84 bits per heavy atom. The van der Waals surface area contributed by atoms with Crippen molar-refractivity contribution in [2.75, 3.05) is 7.11 Å². The molecule has 0 unspecified atom stereocenters. The van der Waals surface area contributed by atoms with Gasteiger partial charge in [0.15, 0.2) is 11.5 Å². The molecule has 8 nitrogen and oxygen atoms in total. The highest BCUT2D eigenvalue weighted by atomic mass is 127. The number of nitrogens with one attached hydrogen (secondary N) is 1. The maximum atomic E-state index is 12.2. The zero-order valence-corrected chi connectivity index (χ0v) is 19.5. The van der Waals surface area contributed by atoms with E-state index in [2.05, 4.69) is 33.1 Å². The van der Waals surface area contributed by atoms with Gasteiger partial charge in [0.05, 0.1) is 21.8 Å². The Morgan fingerprint density at radius 1 is 1.16 bits per heavy atom. The van der Waals surface area contributed by atoms with Gasteiger partial charge < -0.3 is 9.47 Å². The van der Waals surface area contributed by atoms with Crippen LogP contribution in [0.3, 0.4) is 0 Å². The van der Waals surface area contributed by atoms with E-state index in [9.17, 15) is 14.9 Å². The van der Waals surface area contributed by atoms with Gasteiger partial charge in [0.25, 0.3) is 11.6 Å². The van der Waals surface area contributed by atoms with Gasteiger partial charge in [0.1, 0.15) is 6.61 Å². The number of rotatable bonds is 8. The number of hydrazone groups is 1. The third-order valence-corrected chi connectivity index (χ3v) is 5.28. The largest absolute Gasteiger partial charge is 0.493 e. The molecule has 0 spiro atoms. The monoisotopic (exact) mass is 545 g/mol. The van der Waals surface area contributed by atoms with Crippen LogP contribution >= 0.6 is 22.6 Å². The average molecular weight is 545 g/mol. The van der Waals surface area contributed by atoms with Crippen LogP contribution in [0, 0.1) is 20.6 Å². The van der Waals surface area contributed by atoms with E-state index in [1.54, 1.807) is 30.3 Å². The van der Waals surface area contributed by atoms with Crippen molar-refractivity contribution in [3.8, 4) is 11.5 Å². The summed E-state index contributed by atoms with van der Waals surface area (Å²) in [6.07, 6.45) is 1.52. The Hall–Kier alpha value is -3.47. The quantitative estimate of drug-likeness (QED) is 0.189. The first kappa shape index (κ1) is 23.2. The minimum Gasteiger partial charge on any atom is -0.493 e. The lowest BCUT2D eigenvalue weighted by molar-refractivity contribution is -0.384. The fourth-order valence-corrected chi connectivity index (χ4v) is 3.54. The molecule has 0 fully saturated rings. The standard InChI is InChI=1S/C23H20IN3O5/c1-15-3-7-18(8-4-15)23(28)26-25-13-17-11-20(24)22(21(12-17)31-2)32-14-16-5-9-19(10-6-16)27(29)30/h3-13H,14H2,1-2H3,(H,26,28)/b25-13-. The van der Waals surface area contributed by atoms with Gasteiger partial charge in [-0.2, -0.15) is 5.10 Å². The van der Waals surface area contributed by atoms with E-state index in [1.807, 2.05) is 25.1 Å². The fraction of sp³-hybridized carbons (Fsp3) is 0.130. The number of hydrogen-bond acceptors (Lipinski definition) is 6. The van der Waals surface area contributed by atoms with Crippen molar-refractivity contribution < 1.29 is 19.2 Å². The van der Waals surface area contributed by atoms with Gasteiger partial charge >= 0.3 is 0 Å². The number of hydrogen-bond donors (Lipinski definition) is 1. The topological polar surface area (TPSA) is 103 Å². The first-order valence-electron chi connectivity index (χ1n) is 9.51. The van der Waals surface area contributed by atoms with Crippen LogP contribution in [0.15, 0.2) is 65.8 Å². The zero-order valence-electron chi connectivity index (χ0n) is 17.4. The molecule has 0 aliphatic carbocycles. The van der Waals surface area contributed by atoms with Crippen molar-refractivity contribution in [2.45, 2.75) is 13.5 Å². The van der Waals surface area contributed by atoms with Crippen LogP contribution in [0.25, 0.3) is 0 Å². The summed E-state index contributed by atoms with van der Waals surface area (Å²) in [5.41, 5.74) is 5.64. The summed E-state index contributed by atoms with van der Waals surface area (Å²) in [6, 6.07) is 17.0. The third-order valence-electron chi connectivity index (χ3n) is 4.48. The Morgan fingerprint density at radius 3 is 2.47 bits per heavy atom. The summed E-state index contributed by atoms with van der Waals surface area (Å²) in [4.78, 5) is 22.5. The van der Waals surface area contributed by atoms with Crippen LogP contribution in [-0.4, -0.2) is 24.2 Å². The molecule has 1 N–H and O–H groups in total. The van der Waals surface area contributed by atoms with Crippen LogP contribution < -0.4 is 14.9 Å². The number of carbonyl (C=O) groups is 1. The second-order valence-corrected chi connectivity index (χ2v) is 7.97. The Balaban J connectivity index is 1.67. The Bertz CT molecular complexity index is 1150. The summed E-state index contributed by atoms with van der Waals surface area (Å²) in [5, 5.41) is 14.8. The molecule has 0 bridgehead atoms. The summed E-state index contributed by atoms with van der Waals surface area (Å²) < 4.78 is 12.1. The minimum absolute atomic E-state index is 0.0269. The molecule has 9 heteroatoms. The lowest BCUT2D eigenvalue weighted by Gasteiger charge is -2.13. The summed E-state index contributed by atoms with van der Waals surface area (Å²) >= 11 is 2.13. The number of methoxy groups -OCH3 is 1. The van der Waals surface area contributed by atoms with Crippen molar-refractivity contribution in [2.24, 2.45) is 5.10 Å². The molecule has 0 radical (unpaired) electrons. The first-order valence-corrected chi connectivity index (χ1v) is 10.6. The van der Waals surface area contributed by atoms with Gasteiger partial charge in [0.2, 0.25) is 0 Å². The summed E-state index contributed by atoms with van der Waals surface area (Å²) in [5.74, 6) is 0.753. The van der Waals surface area contributed by atoms with Crippen LogP contribution in [0.4, 0.5) is 5.69 Å².